The monoisotopic (exact) mass is 890 g/mol. The first kappa shape index (κ1) is 44.6. The number of amides is 3. The summed E-state index contributed by atoms with van der Waals surface area (Å²) >= 11 is 0. The summed E-state index contributed by atoms with van der Waals surface area (Å²) in [5.74, 6) is 0.183. The Balaban J connectivity index is 1.05. The number of benzene rings is 2. The van der Waals surface area contributed by atoms with Gasteiger partial charge in [-0.05, 0) is 68.1 Å². The number of aliphatic hydroxyl groups excluding tert-OH is 2. The van der Waals surface area contributed by atoms with Crippen LogP contribution >= 0.6 is 21.6 Å². The van der Waals surface area contributed by atoms with Crippen LogP contribution in [0.25, 0.3) is 0 Å². The number of fused-ring (bicyclic) bond motifs is 4. The topological polar surface area (TPSA) is 218 Å². The van der Waals surface area contributed by atoms with Crippen LogP contribution in [0.1, 0.15) is 52.5 Å². The molecule has 0 aliphatic carbocycles. The molecule has 0 spiro atoms. The fraction of sp³-hybridized carbons (Fsp3) is 0.415. The van der Waals surface area contributed by atoms with Crippen LogP contribution in [-0.2, 0) is 4.74 Å². The van der Waals surface area contributed by atoms with Crippen molar-refractivity contribution < 1.29 is 53.5 Å². The molecule has 4 aliphatic rings. The number of methoxy groups -OCH3 is 1. The van der Waals surface area contributed by atoms with Crippen molar-refractivity contribution in [3.8, 4) is 17.2 Å². The first-order chi connectivity index (χ1) is 29.6. The normalized spacial score (nSPS) is 21.1. The van der Waals surface area contributed by atoms with Gasteiger partial charge in [0.25, 0.3) is 11.8 Å². The van der Waals surface area contributed by atoms with E-state index in [0.717, 1.165) is 26.8 Å². The summed E-state index contributed by atoms with van der Waals surface area (Å²) in [4.78, 5) is 62.1. The van der Waals surface area contributed by atoms with Gasteiger partial charge in [0, 0.05) is 54.8 Å². The second-order valence-electron chi connectivity index (χ2n) is 15.5. The number of aliphatic hydroxyl groups is 2. The molecule has 18 nitrogen and oxygen atoms in total. The number of hydrogen-bond donors (Lipinski definition) is 3. The van der Waals surface area contributed by atoms with Crippen molar-refractivity contribution in [2.45, 2.75) is 74.7 Å². The van der Waals surface area contributed by atoms with Gasteiger partial charge in [0.2, 0.25) is 0 Å². The molecule has 2 aromatic carbocycles. The van der Waals surface area contributed by atoms with E-state index in [1.54, 1.807) is 30.9 Å². The summed E-state index contributed by atoms with van der Waals surface area (Å²) in [5.41, 5.74) is 2.78. The highest BCUT2D eigenvalue weighted by Gasteiger charge is 2.47. The Labute approximate surface area is 366 Å². The van der Waals surface area contributed by atoms with Crippen molar-refractivity contribution in [1.29, 1.82) is 0 Å². The maximum atomic E-state index is 14.0. The molecule has 3 aromatic rings. The van der Waals surface area contributed by atoms with Gasteiger partial charge in [-0.15, -0.1) is 0 Å². The third-order valence-electron chi connectivity index (χ3n) is 11.0. The van der Waals surface area contributed by atoms with E-state index in [0.29, 0.717) is 24.2 Å². The lowest BCUT2D eigenvalue weighted by atomic mass is 9.82. The van der Waals surface area contributed by atoms with Crippen LogP contribution in [-0.4, -0.2) is 130 Å². The zero-order valence-electron chi connectivity index (χ0n) is 34.6. The predicted octanol–water partition coefficient (Wildman–Crippen LogP) is 5.05. The Morgan fingerprint density at radius 2 is 1.60 bits per heavy atom. The Hall–Kier alpha value is -5.48. The number of carbonyl (C=O) groups is 3. The number of aromatic nitrogens is 1. The third-order valence-corrected chi connectivity index (χ3v) is 13.8. The number of nitrogens with zero attached hydrogens (tertiary/aromatic N) is 6. The van der Waals surface area contributed by atoms with E-state index in [9.17, 15) is 39.7 Å². The number of nitro groups is 1. The Kier molecular flexibility index (Phi) is 13.3. The smallest absolute Gasteiger partial charge is 0.416 e. The molecule has 4 aliphatic heterocycles. The zero-order valence-corrected chi connectivity index (χ0v) is 36.2. The van der Waals surface area contributed by atoms with Crippen molar-refractivity contribution in [2.24, 2.45) is 0 Å². The number of hydrogen-bond acceptors (Lipinski definition) is 16. The van der Waals surface area contributed by atoms with Gasteiger partial charge in [-0.2, -0.15) is 0 Å². The molecule has 0 unspecified atom stereocenters. The van der Waals surface area contributed by atoms with Crippen molar-refractivity contribution in [3.05, 3.63) is 93.7 Å². The van der Waals surface area contributed by atoms with E-state index < -0.39 is 42.6 Å². The summed E-state index contributed by atoms with van der Waals surface area (Å²) in [6, 6.07) is 7.70. The second-order valence-corrected chi connectivity index (χ2v) is 18.1. The molecule has 1 aromatic heterocycles. The van der Waals surface area contributed by atoms with Gasteiger partial charge in [-0.25, -0.2) is 14.7 Å². The van der Waals surface area contributed by atoms with Crippen LogP contribution in [0.15, 0.2) is 71.9 Å². The quantitative estimate of drug-likeness (QED) is 0.0482. The van der Waals surface area contributed by atoms with Gasteiger partial charge in [-0.1, -0.05) is 35.1 Å². The van der Waals surface area contributed by atoms with E-state index in [1.807, 2.05) is 0 Å². The van der Waals surface area contributed by atoms with E-state index in [2.05, 4.69) is 18.1 Å². The summed E-state index contributed by atoms with van der Waals surface area (Å²) < 4.78 is 23.6. The van der Waals surface area contributed by atoms with Crippen LogP contribution in [0.2, 0.25) is 6.82 Å². The van der Waals surface area contributed by atoms with Gasteiger partial charge >= 0.3 is 18.8 Å². The largest absolute Gasteiger partial charge is 0.493 e. The molecule has 5 heterocycles. The van der Waals surface area contributed by atoms with Gasteiger partial charge in [0.1, 0.15) is 18.6 Å². The summed E-state index contributed by atoms with van der Waals surface area (Å²) in [7, 11) is 2.61. The number of rotatable bonds is 14. The van der Waals surface area contributed by atoms with Gasteiger partial charge in [0.05, 0.1) is 54.1 Å². The average molecular weight is 891 g/mol. The van der Waals surface area contributed by atoms with E-state index >= 15 is 0 Å². The number of aryl methyl sites for hydroxylation is 1. The Morgan fingerprint density at radius 1 is 0.984 bits per heavy atom. The SMILES string of the molecule is C=C1C[C@H]2[C@H](O)N(B(C)O)c3cc(OCCCOc4cc5c(cc4C)C(=O)N4CC(=C)C[C@H]4[C@H](O)N5C(=O)OC[C@@H](C)SSc4ncccc4[N+](=O)[O-])c(OC)cc3C(=O)N2C1. The molecule has 2 fully saturated rings. The number of carbonyl (C=O) groups excluding carboxylic acids is 3. The van der Waals surface area contributed by atoms with Crippen LogP contribution in [0.3, 0.4) is 0 Å². The van der Waals surface area contributed by atoms with Gasteiger partial charge in [0.15, 0.2) is 22.8 Å². The minimum Gasteiger partial charge on any atom is -0.493 e. The third kappa shape index (κ3) is 8.76. The summed E-state index contributed by atoms with van der Waals surface area (Å²) in [5, 5.41) is 45.1. The van der Waals surface area contributed by atoms with E-state index in [4.69, 9.17) is 18.9 Å². The number of pyridine rings is 1. The molecular formula is C41H47BN6O12S2. The molecule has 62 heavy (non-hydrogen) atoms. The molecule has 3 amide bonds. The molecule has 7 rings (SSSR count). The standard InChI is InChI=1S/C41H47BN6O12S2/c1-22-13-31-39(51)46(41(53)60-21-25(4)61-62-36-28(48(55)56)9-7-10-43-36)29-17-33(24(3)15-26(29)37(49)44(31)19-22)58-11-8-12-59-35-18-30-27(16-34(35)57-6)38(50)45-20-23(2)14-32(45)40(52)47(30)42(5)54/h7,9-10,15-18,25,31-32,39-40,51-52,54H,1-2,8,11-14,19-21H2,3-6H3/t25-,31+,32+,39+,40+/m1/s1. The van der Waals surface area contributed by atoms with E-state index in [-0.39, 0.29) is 101 Å². The molecule has 0 radical (unpaired) electrons. The fourth-order valence-electron chi connectivity index (χ4n) is 8.05. The van der Waals surface area contributed by atoms with Crippen LogP contribution in [0.5, 0.6) is 17.2 Å². The first-order valence-electron chi connectivity index (χ1n) is 19.9. The lowest BCUT2D eigenvalue weighted by Crippen LogP contribution is -2.53. The first-order valence-corrected chi connectivity index (χ1v) is 22.1. The molecule has 328 valence electrons. The van der Waals surface area contributed by atoms with Crippen LogP contribution in [0.4, 0.5) is 21.9 Å². The Bertz CT molecular complexity index is 2300. The highest BCUT2D eigenvalue weighted by Crippen LogP contribution is 2.43. The Morgan fingerprint density at radius 3 is 2.23 bits per heavy atom. The van der Waals surface area contributed by atoms with Crippen molar-refractivity contribution in [2.75, 3.05) is 49.7 Å². The summed E-state index contributed by atoms with van der Waals surface area (Å²) in [6.07, 6.45) is -1.13. The number of ether oxygens (including phenoxy) is 4. The lowest BCUT2D eigenvalue weighted by Gasteiger charge is -2.34. The lowest BCUT2D eigenvalue weighted by molar-refractivity contribution is -0.388. The molecule has 3 N–H and O–H groups in total. The maximum absolute atomic E-state index is 14.0. The predicted molar refractivity (Wildman–Crippen MR) is 233 cm³/mol. The molecule has 2 saturated heterocycles. The van der Waals surface area contributed by atoms with Crippen molar-refractivity contribution in [1.82, 2.24) is 14.8 Å². The zero-order chi connectivity index (χ0) is 44.6. The highest BCUT2D eigenvalue weighted by molar-refractivity contribution is 8.77. The van der Waals surface area contributed by atoms with E-state index in [1.165, 1.54) is 64.9 Å². The van der Waals surface area contributed by atoms with Gasteiger partial charge in [-0.3, -0.25) is 19.7 Å². The van der Waals surface area contributed by atoms with Crippen LogP contribution in [0, 0.1) is 17.0 Å². The van der Waals surface area contributed by atoms with Crippen molar-refractivity contribution in [3.63, 3.8) is 0 Å². The fourth-order valence-corrected chi connectivity index (χ4v) is 10.1. The minimum atomic E-state index is -1.49. The second kappa shape index (κ2) is 18.5. The minimum absolute atomic E-state index is 0.0991. The van der Waals surface area contributed by atoms with Crippen LogP contribution < -0.4 is 23.9 Å². The molecular weight excluding hydrogens is 843 g/mol. The summed E-state index contributed by atoms with van der Waals surface area (Å²) in [6.45, 7) is 13.7. The molecule has 21 heteroatoms. The van der Waals surface area contributed by atoms with Crippen molar-refractivity contribution >= 4 is 63.6 Å². The highest BCUT2D eigenvalue weighted by atomic mass is 33.1. The maximum Gasteiger partial charge on any atom is 0.416 e. The average Bonchev–Trinajstić information content (AvgIpc) is 3.80. The molecule has 0 bridgehead atoms. The van der Waals surface area contributed by atoms with Gasteiger partial charge < -0.3 is 48.8 Å². The number of anilines is 2. The molecule has 0 saturated carbocycles. The molecule has 5 atom stereocenters.